The molecule has 0 unspecified atom stereocenters. The molecule has 1 aromatic heterocycles. The predicted molar refractivity (Wildman–Crippen MR) is 69.4 cm³/mol. The van der Waals surface area contributed by atoms with Gasteiger partial charge in [0.1, 0.15) is 0 Å². The van der Waals surface area contributed by atoms with E-state index in [2.05, 4.69) is 10.3 Å². The molecule has 0 bridgehead atoms. The molecule has 0 aliphatic carbocycles. The molecule has 0 radical (unpaired) electrons. The van der Waals surface area contributed by atoms with E-state index in [4.69, 9.17) is 0 Å². The van der Waals surface area contributed by atoms with E-state index in [1.54, 1.807) is 35.8 Å². The number of anilines is 1. The van der Waals surface area contributed by atoms with Gasteiger partial charge in [0, 0.05) is 24.3 Å². The summed E-state index contributed by atoms with van der Waals surface area (Å²) in [7, 11) is 1.79. The van der Waals surface area contributed by atoms with Crippen molar-refractivity contribution >= 4 is 23.4 Å². The summed E-state index contributed by atoms with van der Waals surface area (Å²) >= 11 is 1.60. The van der Waals surface area contributed by atoms with Crippen molar-refractivity contribution < 1.29 is 4.79 Å². The van der Waals surface area contributed by atoms with Crippen molar-refractivity contribution in [2.45, 2.75) is 4.90 Å². The molecule has 0 fully saturated rings. The van der Waals surface area contributed by atoms with Gasteiger partial charge >= 0.3 is 0 Å². The summed E-state index contributed by atoms with van der Waals surface area (Å²) in [6.07, 6.45) is 5.33. The number of imidazole rings is 1. The van der Waals surface area contributed by atoms with Crippen molar-refractivity contribution in [3.8, 4) is 0 Å². The lowest BCUT2D eigenvalue weighted by molar-refractivity contribution is 0.101. The topological polar surface area (TPSA) is 46.9 Å². The number of hydrogen-bond acceptors (Lipinski definition) is 3. The zero-order valence-electron chi connectivity index (χ0n) is 9.68. The normalized spacial score (nSPS) is 10.2. The maximum Gasteiger partial charge on any atom is 0.291 e. The van der Waals surface area contributed by atoms with Crippen LogP contribution >= 0.6 is 11.8 Å². The first kappa shape index (κ1) is 11.7. The van der Waals surface area contributed by atoms with Gasteiger partial charge in [-0.1, -0.05) is 12.1 Å². The first-order valence-corrected chi connectivity index (χ1v) is 6.36. The maximum atomic E-state index is 12.0. The minimum absolute atomic E-state index is 0.195. The minimum atomic E-state index is -0.195. The number of hydrogen-bond donors (Lipinski definition) is 1. The summed E-state index contributed by atoms with van der Waals surface area (Å²) < 4.78 is 1.69. The third-order valence-corrected chi connectivity index (χ3v) is 3.18. The van der Waals surface area contributed by atoms with E-state index in [0.717, 1.165) is 10.6 Å². The number of carbonyl (C=O) groups is 1. The number of benzene rings is 1. The molecule has 0 aliphatic heterocycles. The molecule has 1 amide bonds. The van der Waals surface area contributed by atoms with E-state index in [-0.39, 0.29) is 5.91 Å². The molecule has 0 saturated heterocycles. The van der Waals surface area contributed by atoms with Gasteiger partial charge in [0.25, 0.3) is 5.91 Å². The fourth-order valence-electron chi connectivity index (χ4n) is 1.51. The summed E-state index contributed by atoms with van der Waals surface area (Å²) in [4.78, 5) is 17.0. The molecule has 0 saturated carbocycles. The van der Waals surface area contributed by atoms with Crippen LogP contribution in [0.1, 0.15) is 10.6 Å². The molecule has 5 heteroatoms. The molecule has 88 valence electrons. The van der Waals surface area contributed by atoms with Gasteiger partial charge in [0.05, 0.1) is 5.69 Å². The third-order valence-electron chi connectivity index (χ3n) is 2.38. The Hall–Kier alpha value is -1.75. The zero-order valence-corrected chi connectivity index (χ0v) is 10.5. The number of carbonyl (C=O) groups excluding carboxylic acids is 1. The number of para-hydroxylation sites is 1. The van der Waals surface area contributed by atoms with Crippen LogP contribution in [0.5, 0.6) is 0 Å². The van der Waals surface area contributed by atoms with Crippen LogP contribution in [-0.2, 0) is 7.05 Å². The molecule has 0 atom stereocenters. The molecule has 2 rings (SSSR count). The molecule has 2 aromatic rings. The molecular weight excluding hydrogens is 234 g/mol. The summed E-state index contributed by atoms with van der Waals surface area (Å²) in [6, 6.07) is 7.70. The molecule has 4 nitrogen and oxygen atoms in total. The van der Waals surface area contributed by atoms with Crippen LogP contribution in [0.15, 0.2) is 41.6 Å². The van der Waals surface area contributed by atoms with Crippen LogP contribution in [-0.4, -0.2) is 21.7 Å². The van der Waals surface area contributed by atoms with Crippen LogP contribution in [0, 0.1) is 0 Å². The van der Waals surface area contributed by atoms with Gasteiger partial charge in [-0.3, -0.25) is 4.79 Å². The average molecular weight is 247 g/mol. The standard InChI is InChI=1S/C12H13N3OS/c1-15-8-7-13-11(15)12(16)14-9-5-3-4-6-10(9)17-2/h3-8H,1-2H3,(H,14,16). The number of nitrogens with one attached hydrogen (secondary N) is 1. The highest BCUT2D eigenvalue weighted by molar-refractivity contribution is 7.98. The first-order chi connectivity index (χ1) is 8.22. The summed E-state index contributed by atoms with van der Waals surface area (Å²) in [5.74, 6) is 0.208. The number of aryl methyl sites for hydroxylation is 1. The van der Waals surface area contributed by atoms with Gasteiger partial charge < -0.3 is 9.88 Å². The average Bonchev–Trinajstić information content (AvgIpc) is 2.76. The van der Waals surface area contributed by atoms with Gasteiger partial charge in [-0.15, -0.1) is 11.8 Å². The lowest BCUT2D eigenvalue weighted by atomic mass is 10.3. The van der Waals surface area contributed by atoms with Crippen LogP contribution in [0.3, 0.4) is 0 Å². The maximum absolute atomic E-state index is 12.0. The molecule has 1 heterocycles. The second-order valence-corrected chi connectivity index (χ2v) is 4.36. The first-order valence-electron chi connectivity index (χ1n) is 5.14. The molecule has 0 aliphatic rings. The van der Waals surface area contributed by atoms with Crippen LogP contribution < -0.4 is 5.32 Å². The molecule has 1 N–H and O–H groups in total. The second kappa shape index (κ2) is 5.05. The number of thioether (sulfide) groups is 1. The van der Waals surface area contributed by atoms with E-state index in [9.17, 15) is 4.79 Å². The highest BCUT2D eigenvalue weighted by atomic mass is 32.2. The highest BCUT2D eigenvalue weighted by Gasteiger charge is 2.12. The van der Waals surface area contributed by atoms with Gasteiger partial charge in [-0.25, -0.2) is 4.98 Å². The van der Waals surface area contributed by atoms with Crippen molar-refractivity contribution in [3.05, 3.63) is 42.5 Å². The summed E-state index contributed by atoms with van der Waals surface area (Å²) in [6.45, 7) is 0. The minimum Gasteiger partial charge on any atom is -0.330 e. The lowest BCUT2D eigenvalue weighted by Gasteiger charge is -2.08. The quantitative estimate of drug-likeness (QED) is 0.847. The van der Waals surface area contributed by atoms with Gasteiger partial charge in [0.15, 0.2) is 5.82 Å². The van der Waals surface area contributed by atoms with Crippen molar-refractivity contribution in [2.75, 3.05) is 11.6 Å². The highest BCUT2D eigenvalue weighted by Crippen LogP contribution is 2.24. The molecule has 17 heavy (non-hydrogen) atoms. The van der Waals surface area contributed by atoms with Crippen molar-refractivity contribution in [1.29, 1.82) is 0 Å². The fourth-order valence-corrected chi connectivity index (χ4v) is 2.06. The van der Waals surface area contributed by atoms with Crippen LogP contribution in [0.2, 0.25) is 0 Å². The Morgan fingerprint density at radius 2 is 2.18 bits per heavy atom. The Bertz CT molecular complexity index is 536. The second-order valence-electron chi connectivity index (χ2n) is 3.52. The van der Waals surface area contributed by atoms with E-state index < -0.39 is 0 Å². The fraction of sp³-hybridized carbons (Fsp3) is 0.167. The van der Waals surface area contributed by atoms with E-state index in [1.807, 2.05) is 30.5 Å². The SMILES string of the molecule is CSc1ccccc1NC(=O)c1nccn1C. The third kappa shape index (κ3) is 2.50. The number of aromatic nitrogens is 2. The van der Waals surface area contributed by atoms with E-state index >= 15 is 0 Å². The molecule has 0 spiro atoms. The monoisotopic (exact) mass is 247 g/mol. The van der Waals surface area contributed by atoms with Gasteiger partial charge in [-0.2, -0.15) is 0 Å². The van der Waals surface area contributed by atoms with Crippen molar-refractivity contribution in [3.63, 3.8) is 0 Å². The van der Waals surface area contributed by atoms with E-state index in [1.165, 1.54) is 0 Å². The Morgan fingerprint density at radius 1 is 1.41 bits per heavy atom. The van der Waals surface area contributed by atoms with Crippen molar-refractivity contribution in [1.82, 2.24) is 9.55 Å². The Labute approximate surface area is 104 Å². The van der Waals surface area contributed by atoms with Crippen LogP contribution in [0.25, 0.3) is 0 Å². The Kier molecular flexibility index (Phi) is 3.49. The Balaban J connectivity index is 2.22. The molecule has 1 aromatic carbocycles. The lowest BCUT2D eigenvalue weighted by Crippen LogP contribution is -2.17. The zero-order chi connectivity index (χ0) is 12.3. The van der Waals surface area contributed by atoms with Crippen molar-refractivity contribution in [2.24, 2.45) is 7.05 Å². The summed E-state index contributed by atoms with van der Waals surface area (Å²) in [5, 5.41) is 2.86. The van der Waals surface area contributed by atoms with Crippen LogP contribution in [0.4, 0.5) is 5.69 Å². The number of nitrogens with zero attached hydrogens (tertiary/aromatic N) is 2. The van der Waals surface area contributed by atoms with E-state index in [0.29, 0.717) is 5.82 Å². The number of amides is 1. The Morgan fingerprint density at radius 3 is 2.82 bits per heavy atom. The van der Waals surface area contributed by atoms with Gasteiger partial charge in [-0.05, 0) is 18.4 Å². The van der Waals surface area contributed by atoms with Gasteiger partial charge in [0.2, 0.25) is 0 Å². The summed E-state index contributed by atoms with van der Waals surface area (Å²) in [5.41, 5.74) is 0.813. The largest absolute Gasteiger partial charge is 0.330 e. The molecular formula is C12H13N3OS. The smallest absolute Gasteiger partial charge is 0.291 e. The predicted octanol–water partition coefficient (Wildman–Crippen LogP) is 2.39. The number of rotatable bonds is 3.